The highest BCUT2D eigenvalue weighted by atomic mass is 35.5. The third kappa shape index (κ3) is 4.10. The maximum atomic E-state index is 12.6. The molecule has 1 saturated heterocycles. The van der Waals surface area contributed by atoms with Gasteiger partial charge in [-0.15, -0.1) is 0 Å². The topological polar surface area (TPSA) is 45.2 Å². The van der Waals surface area contributed by atoms with Gasteiger partial charge in [0.2, 0.25) is 0 Å². The van der Waals surface area contributed by atoms with Crippen LogP contribution in [0.4, 0.5) is 5.82 Å². The van der Waals surface area contributed by atoms with Gasteiger partial charge in [-0.25, -0.2) is 4.98 Å². The van der Waals surface area contributed by atoms with Crippen LogP contribution in [0, 0.1) is 5.92 Å². The minimum atomic E-state index is 0.0283. The molecule has 1 unspecified atom stereocenters. The normalized spacial score (nSPS) is 18.0. The van der Waals surface area contributed by atoms with Crippen molar-refractivity contribution in [2.45, 2.75) is 39.5 Å². The Morgan fingerprint density at radius 1 is 1.48 bits per heavy atom. The molecule has 0 saturated carbocycles. The first-order valence-electron chi connectivity index (χ1n) is 7.84. The summed E-state index contributed by atoms with van der Waals surface area (Å²) in [7, 11) is 0. The first-order valence-corrected chi connectivity index (χ1v) is 8.22. The van der Waals surface area contributed by atoms with Crippen molar-refractivity contribution in [2.75, 3.05) is 25.0 Å². The van der Waals surface area contributed by atoms with Gasteiger partial charge in [-0.05, 0) is 31.2 Å². The molecule has 0 aliphatic carbocycles. The van der Waals surface area contributed by atoms with Crippen molar-refractivity contribution in [2.24, 2.45) is 5.92 Å². The number of rotatable bonds is 6. The third-order valence-electron chi connectivity index (χ3n) is 3.91. The van der Waals surface area contributed by atoms with Gasteiger partial charge in [0.25, 0.3) is 5.91 Å². The largest absolute Gasteiger partial charge is 0.370 e. The lowest BCUT2D eigenvalue weighted by molar-refractivity contribution is 0.0786. The maximum absolute atomic E-state index is 12.6. The van der Waals surface area contributed by atoms with Crippen LogP contribution in [-0.2, 0) is 0 Å². The van der Waals surface area contributed by atoms with Gasteiger partial charge in [-0.3, -0.25) is 4.79 Å². The number of nitrogens with zero attached hydrogens (tertiary/aromatic N) is 2. The maximum Gasteiger partial charge on any atom is 0.255 e. The first kappa shape index (κ1) is 16.1. The summed E-state index contributed by atoms with van der Waals surface area (Å²) in [6, 6.07) is 1.77. The summed E-state index contributed by atoms with van der Waals surface area (Å²) in [4.78, 5) is 18.8. The zero-order valence-corrected chi connectivity index (χ0v) is 13.6. The standard InChI is InChI=1S/C16H24ClN3O/c1-3-5-12-6-8-20(11-12)16(21)13-9-15(18-7-4-2)19-10-14(13)17/h9-10,12H,3-8,11H2,1-2H3,(H,18,19). The van der Waals surface area contributed by atoms with E-state index in [1.807, 2.05) is 4.90 Å². The molecule has 4 nitrogen and oxygen atoms in total. The lowest BCUT2D eigenvalue weighted by Gasteiger charge is -2.18. The van der Waals surface area contributed by atoms with E-state index in [9.17, 15) is 4.79 Å². The lowest BCUT2D eigenvalue weighted by Crippen LogP contribution is -2.29. The summed E-state index contributed by atoms with van der Waals surface area (Å²) in [5.41, 5.74) is 0.558. The molecular formula is C16H24ClN3O. The number of hydrogen-bond donors (Lipinski definition) is 1. The van der Waals surface area contributed by atoms with E-state index >= 15 is 0 Å². The van der Waals surface area contributed by atoms with E-state index in [1.54, 1.807) is 12.3 Å². The van der Waals surface area contributed by atoms with Crippen molar-refractivity contribution in [3.05, 3.63) is 22.8 Å². The molecule has 1 fully saturated rings. The Morgan fingerprint density at radius 2 is 2.29 bits per heavy atom. The van der Waals surface area contributed by atoms with Gasteiger partial charge in [-0.1, -0.05) is 31.9 Å². The summed E-state index contributed by atoms with van der Waals surface area (Å²) >= 11 is 6.16. The van der Waals surface area contributed by atoms with Gasteiger partial charge in [0.15, 0.2) is 0 Å². The van der Waals surface area contributed by atoms with Crippen LogP contribution in [0.25, 0.3) is 0 Å². The van der Waals surface area contributed by atoms with Crippen molar-refractivity contribution in [1.29, 1.82) is 0 Å². The Hall–Kier alpha value is -1.29. The Labute approximate surface area is 131 Å². The van der Waals surface area contributed by atoms with Crippen LogP contribution in [-0.4, -0.2) is 35.4 Å². The van der Waals surface area contributed by atoms with Crippen LogP contribution in [0.1, 0.15) is 49.9 Å². The highest BCUT2D eigenvalue weighted by molar-refractivity contribution is 6.33. The molecule has 1 aromatic rings. The lowest BCUT2D eigenvalue weighted by atomic mass is 10.0. The molecule has 21 heavy (non-hydrogen) atoms. The molecule has 0 aromatic carbocycles. The SMILES string of the molecule is CCCNc1cc(C(=O)N2CCC(CCC)C2)c(Cl)cn1. The average Bonchev–Trinajstić information content (AvgIpc) is 2.95. The Morgan fingerprint density at radius 3 is 3.00 bits per heavy atom. The van der Waals surface area contributed by atoms with E-state index in [-0.39, 0.29) is 5.91 Å². The van der Waals surface area contributed by atoms with Crippen molar-refractivity contribution >= 4 is 23.3 Å². The molecule has 0 spiro atoms. The number of likely N-dealkylation sites (tertiary alicyclic amines) is 1. The number of carbonyl (C=O) groups is 1. The number of aromatic nitrogens is 1. The third-order valence-corrected chi connectivity index (χ3v) is 4.21. The van der Waals surface area contributed by atoms with E-state index in [4.69, 9.17) is 11.6 Å². The molecule has 1 aliphatic rings. The van der Waals surface area contributed by atoms with E-state index in [1.165, 1.54) is 12.8 Å². The fraction of sp³-hybridized carbons (Fsp3) is 0.625. The minimum Gasteiger partial charge on any atom is -0.370 e. The molecular weight excluding hydrogens is 286 g/mol. The highest BCUT2D eigenvalue weighted by Gasteiger charge is 2.27. The number of anilines is 1. The van der Waals surface area contributed by atoms with Crippen LogP contribution in [0.3, 0.4) is 0 Å². The van der Waals surface area contributed by atoms with Crippen molar-refractivity contribution < 1.29 is 4.79 Å². The Kier molecular flexibility index (Phi) is 5.85. The number of carbonyl (C=O) groups excluding carboxylic acids is 1. The molecule has 0 radical (unpaired) electrons. The molecule has 1 amide bonds. The predicted molar refractivity (Wildman–Crippen MR) is 86.9 cm³/mol. The van der Waals surface area contributed by atoms with Gasteiger partial charge in [-0.2, -0.15) is 0 Å². The van der Waals surface area contributed by atoms with Crippen LogP contribution in [0.2, 0.25) is 5.02 Å². The molecule has 1 N–H and O–H groups in total. The van der Waals surface area contributed by atoms with E-state index in [0.717, 1.165) is 32.5 Å². The van der Waals surface area contributed by atoms with Crippen molar-refractivity contribution in [3.8, 4) is 0 Å². The summed E-state index contributed by atoms with van der Waals surface area (Å²) < 4.78 is 0. The molecule has 1 aromatic heterocycles. The molecule has 2 rings (SSSR count). The molecule has 116 valence electrons. The van der Waals surface area contributed by atoms with Crippen LogP contribution >= 0.6 is 11.6 Å². The minimum absolute atomic E-state index is 0.0283. The quantitative estimate of drug-likeness (QED) is 0.869. The van der Waals surface area contributed by atoms with E-state index < -0.39 is 0 Å². The van der Waals surface area contributed by atoms with Crippen LogP contribution in [0.15, 0.2) is 12.3 Å². The fourth-order valence-electron chi connectivity index (χ4n) is 2.78. The molecule has 1 atom stereocenters. The van der Waals surface area contributed by atoms with Gasteiger partial charge >= 0.3 is 0 Å². The van der Waals surface area contributed by atoms with Crippen molar-refractivity contribution in [3.63, 3.8) is 0 Å². The summed E-state index contributed by atoms with van der Waals surface area (Å²) in [6.45, 7) is 6.80. The van der Waals surface area contributed by atoms with Gasteiger partial charge in [0.05, 0.1) is 10.6 Å². The average molecular weight is 310 g/mol. The van der Waals surface area contributed by atoms with Gasteiger partial charge < -0.3 is 10.2 Å². The molecule has 5 heteroatoms. The number of halogens is 1. The highest BCUT2D eigenvalue weighted by Crippen LogP contribution is 2.25. The van der Waals surface area contributed by atoms with Gasteiger partial charge in [0.1, 0.15) is 5.82 Å². The smallest absolute Gasteiger partial charge is 0.255 e. The summed E-state index contributed by atoms with van der Waals surface area (Å²) in [5, 5.41) is 3.63. The molecule has 2 heterocycles. The molecule has 0 bridgehead atoms. The van der Waals surface area contributed by atoms with Crippen LogP contribution in [0.5, 0.6) is 0 Å². The summed E-state index contributed by atoms with van der Waals surface area (Å²) in [5.74, 6) is 1.38. The monoisotopic (exact) mass is 309 g/mol. The predicted octanol–water partition coefficient (Wildman–Crippen LogP) is 3.82. The van der Waals surface area contributed by atoms with E-state index in [0.29, 0.717) is 22.3 Å². The Balaban J connectivity index is 2.08. The second kappa shape index (κ2) is 7.64. The Bertz CT molecular complexity index is 492. The zero-order valence-electron chi connectivity index (χ0n) is 12.9. The number of pyridine rings is 1. The molecule has 1 aliphatic heterocycles. The van der Waals surface area contributed by atoms with Gasteiger partial charge in [0, 0.05) is 25.8 Å². The zero-order chi connectivity index (χ0) is 15.2. The second-order valence-electron chi connectivity index (χ2n) is 5.67. The second-order valence-corrected chi connectivity index (χ2v) is 6.08. The number of amides is 1. The first-order chi connectivity index (χ1) is 10.2. The summed E-state index contributed by atoms with van der Waals surface area (Å²) in [6.07, 6.45) is 6.04. The van der Waals surface area contributed by atoms with Crippen molar-refractivity contribution in [1.82, 2.24) is 9.88 Å². The number of hydrogen-bond acceptors (Lipinski definition) is 3. The van der Waals surface area contributed by atoms with E-state index in [2.05, 4.69) is 24.1 Å². The number of nitrogens with one attached hydrogen (secondary N) is 1. The van der Waals surface area contributed by atoms with Crippen LogP contribution < -0.4 is 5.32 Å². The fourth-order valence-corrected chi connectivity index (χ4v) is 2.97.